The van der Waals surface area contributed by atoms with Crippen molar-refractivity contribution >= 4 is 23.2 Å². The molecule has 0 bridgehead atoms. The number of pyridine rings is 1. The van der Waals surface area contributed by atoms with Crippen LogP contribution >= 0.6 is 11.6 Å². The summed E-state index contributed by atoms with van der Waals surface area (Å²) in [7, 11) is 0. The molecule has 3 aromatic rings. The Balaban J connectivity index is 1.32. The van der Waals surface area contributed by atoms with Crippen molar-refractivity contribution in [3.05, 3.63) is 88.2 Å². The third kappa shape index (κ3) is 5.13. The standard InChI is InChI=1S/C32H37ClN2O2/c1-20(2)22-8-11-26-23(17-22)9-12-27-30(26)21(3)14-15-32(27,4)31(36)35-24-10-13-29(28(33)18-24)37-19-25-7-5-6-16-34-25/h5-8,10-11,13,16-18,20-21,27,30H,9,12,14-15,19H2,1-4H3,(H,35,36)/t21-,27+,30+,32+/m0/s1. The van der Waals surface area contributed by atoms with Crippen molar-refractivity contribution in [2.75, 3.05) is 5.32 Å². The summed E-state index contributed by atoms with van der Waals surface area (Å²) in [6, 6.07) is 18.2. The molecule has 0 saturated heterocycles. The second kappa shape index (κ2) is 10.5. The Labute approximate surface area is 225 Å². The van der Waals surface area contributed by atoms with Gasteiger partial charge in [-0.2, -0.15) is 0 Å². The predicted octanol–water partition coefficient (Wildman–Crippen LogP) is 8.16. The number of hydrogen-bond acceptors (Lipinski definition) is 3. The quantitative estimate of drug-likeness (QED) is 0.359. The lowest BCUT2D eigenvalue weighted by Crippen LogP contribution is -2.48. The summed E-state index contributed by atoms with van der Waals surface area (Å²) < 4.78 is 5.85. The minimum absolute atomic E-state index is 0.0925. The van der Waals surface area contributed by atoms with Crippen LogP contribution < -0.4 is 10.1 Å². The zero-order valence-electron chi connectivity index (χ0n) is 22.3. The highest BCUT2D eigenvalue weighted by molar-refractivity contribution is 6.32. The molecule has 1 saturated carbocycles. The summed E-state index contributed by atoms with van der Waals surface area (Å²) in [6.45, 7) is 9.38. The van der Waals surface area contributed by atoms with E-state index in [1.54, 1.807) is 12.3 Å². The van der Waals surface area contributed by atoms with Crippen LogP contribution in [0, 0.1) is 17.3 Å². The molecule has 1 amide bonds. The van der Waals surface area contributed by atoms with Crippen molar-refractivity contribution in [2.24, 2.45) is 17.3 Å². The maximum atomic E-state index is 13.8. The summed E-state index contributed by atoms with van der Waals surface area (Å²) in [5.74, 6) is 2.51. The van der Waals surface area contributed by atoms with E-state index < -0.39 is 5.41 Å². The van der Waals surface area contributed by atoms with Gasteiger partial charge >= 0.3 is 0 Å². The number of halogens is 1. The van der Waals surface area contributed by atoms with E-state index in [2.05, 4.69) is 56.2 Å². The Morgan fingerprint density at radius 3 is 2.73 bits per heavy atom. The Morgan fingerprint density at radius 1 is 1.16 bits per heavy atom. The molecule has 5 heteroatoms. The number of fused-ring (bicyclic) bond motifs is 3. The summed E-state index contributed by atoms with van der Waals surface area (Å²) in [5.41, 5.74) is 5.47. The lowest BCUT2D eigenvalue weighted by Gasteiger charge is -2.51. The van der Waals surface area contributed by atoms with Crippen LogP contribution in [0.3, 0.4) is 0 Å². The van der Waals surface area contributed by atoms with E-state index in [1.165, 1.54) is 16.7 Å². The summed E-state index contributed by atoms with van der Waals surface area (Å²) >= 11 is 6.52. The van der Waals surface area contributed by atoms with Crippen LogP contribution in [-0.4, -0.2) is 10.9 Å². The highest BCUT2D eigenvalue weighted by Crippen LogP contribution is 2.56. The molecule has 1 aromatic heterocycles. The second-order valence-corrected chi connectivity index (χ2v) is 11.8. The first-order valence-electron chi connectivity index (χ1n) is 13.5. The van der Waals surface area contributed by atoms with E-state index in [1.807, 2.05) is 30.3 Å². The number of anilines is 1. The van der Waals surface area contributed by atoms with Crippen molar-refractivity contribution in [3.8, 4) is 5.75 Å². The van der Waals surface area contributed by atoms with Gasteiger partial charge in [0.25, 0.3) is 0 Å². The van der Waals surface area contributed by atoms with Gasteiger partial charge in [-0.05, 0) is 96.4 Å². The summed E-state index contributed by atoms with van der Waals surface area (Å²) in [4.78, 5) is 18.1. The third-order valence-corrected chi connectivity index (χ3v) is 9.01. The van der Waals surface area contributed by atoms with Crippen LogP contribution in [0.25, 0.3) is 0 Å². The highest BCUT2D eigenvalue weighted by atomic mass is 35.5. The number of nitrogens with one attached hydrogen (secondary N) is 1. The molecular weight excluding hydrogens is 480 g/mol. The van der Waals surface area contributed by atoms with Gasteiger partial charge in [-0.15, -0.1) is 0 Å². The number of nitrogens with zero attached hydrogens (tertiary/aromatic N) is 1. The Kier molecular flexibility index (Phi) is 7.31. The van der Waals surface area contributed by atoms with Gasteiger partial charge in [-0.1, -0.05) is 63.6 Å². The summed E-state index contributed by atoms with van der Waals surface area (Å²) in [6.07, 6.45) is 5.79. The maximum Gasteiger partial charge on any atom is 0.230 e. The Hall–Kier alpha value is -2.85. The number of rotatable bonds is 6. The average molecular weight is 517 g/mol. The summed E-state index contributed by atoms with van der Waals surface area (Å²) in [5, 5.41) is 3.67. The minimum Gasteiger partial charge on any atom is -0.486 e. The van der Waals surface area contributed by atoms with Gasteiger partial charge in [0.1, 0.15) is 12.4 Å². The third-order valence-electron chi connectivity index (χ3n) is 8.71. The number of carbonyl (C=O) groups excluding carboxylic acids is 1. The number of carbonyl (C=O) groups is 1. The molecule has 1 N–H and O–H groups in total. The van der Waals surface area contributed by atoms with Crippen molar-refractivity contribution in [1.29, 1.82) is 0 Å². The molecule has 0 aliphatic heterocycles. The normalized spacial score (nSPS) is 24.8. The van der Waals surface area contributed by atoms with Crippen molar-refractivity contribution < 1.29 is 9.53 Å². The number of hydrogen-bond donors (Lipinski definition) is 1. The largest absolute Gasteiger partial charge is 0.486 e. The molecule has 4 nitrogen and oxygen atoms in total. The number of ether oxygens (including phenoxy) is 1. The first-order chi connectivity index (χ1) is 17.8. The fourth-order valence-corrected chi connectivity index (χ4v) is 6.67. The fourth-order valence-electron chi connectivity index (χ4n) is 6.43. The average Bonchev–Trinajstić information content (AvgIpc) is 2.90. The van der Waals surface area contributed by atoms with Gasteiger partial charge in [0.15, 0.2) is 0 Å². The van der Waals surface area contributed by atoms with Crippen LogP contribution in [0.4, 0.5) is 5.69 Å². The molecule has 0 unspecified atom stereocenters. The zero-order chi connectivity index (χ0) is 26.2. The first kappa shape index (κ1) is 25.8. The fraction of sp³-hybridized carbons (Fsp3) is 0.438. The number of aromatic nitrogens is 1. The van der Waals surface area contributed by atoms with E-state index in [-0.39, 0.29) is 5.91 Å². The molecule has 2 aliphatic rings. The van der Waals surface area contributed by atoms with E-state index in [9.17, 15) is 4.79 Å². The molecule has 37 heavy (non-hydrogen) atoms. The molecular formula is C32H37ClN2O2. The highest BCUT2D eigenvalue weighted by Gasteiger charge is 2.51. The van der Waals surface area contributed by atoms with Gasteiger partial charge in [-0.3, -0.25) is 9.78 Å². The molecule has 2 aliphatic carbocycles. The van der Waals surface area contributed by atoms with Crippen molar-refractivity contribution in [1.82, 2.24) is 4.98 Å². The van der Waals surface area contributed by atoms with Crippen LogP contribution in [0.2, 0.25) is 5.02 Å². The van der Waals surface area contributed by atoms with Gasteiger partial charge < -0.3 is 10.1 Å². The maximum absolute atomic E-state index is 13.8. The van der Waals surface area contributed by atoms with E-state index >= 15 is 0 Å². The molecule has 0 spiro atoms. The lowest BCUT2D eigenvalue weighted by atomic mass is 9.53. The number of benzene rings is 2. The monoisotopic (exact) mass is 516 g/mol. The van der Waals surface area contributed by atoms with Crippen LogP contribution in [0.1, 0.15) is 81.2 Å². The predicted molar refractivity (Wildman–Crippen MR) is 150 cm³/mol. The number of amides is 1. The smallest absolute Gasteiger partial charge is 0.230 e. The lowest BCUT2D eigenvalue weighted by molar-refractivity contribution is -0.132. The Morgan fingerprint density at radius 2 is 2.00 bits per heavy atom. The van der Waals surface area contributed by atoms with Gasteiger partial charge in [0, 0.05) is 11.9 Å². The van der Waals surface area contributed by atoms with Crippen LogP contribution in [0.5, 0.6) is 5.75 Å². The van der Waals surface area contributed by atoms with Gasteiger partial charge in [0.2, 0.25) is 5.91 Å². The molecule has 194 valence electrons. The zero-order valence-corrected chi connectivity index (χ0v) is 23.0. The first-order valence-corrected chi connectivity index (χ1v) is 13.9. The van der Waals surface area contributed by atoms with Crippen molar-refractivity contribution in [2.45, 2.75) is 71.8 Å². The molecule has 0 radical (unpaired) electrons. The molecule has 2 aromatic carbocycles. The van der Waals surface area contributed by atoms with Gasteiger partial charge in [-0.25, -0.2) is 0 Å². The van der Waals surface area contributed by atoms with Crippen LogP contribution in [0.15, 0.2) is 60.8 Å². The second-order valence-electron chi connectivity index (χ2n) is 11.4. The van der Waals surface area contributed by atoms with Crippen molar-refractivity contribution in [3.63, 3.8) is 0 Å². The molecule has 1 heterocycles. The van der Waals surface area contributed by atoms with E-state index in [0.29, 0.717) is 46.7 Å². The van der Waals surface area contributed by atoms with E-state index in [0.717, 1.165) is 31.4 Å². The van der Waals surface area contributed by atoms with Crippen LogP contribution in [-0.2, 0) is 17.8 Å². The SMILES string of the molecule is CC(C)c1ccc2c(c1)CC[C@@H]1[C@@H]2[C@@H](C)CC[C@@]1(C)C(=O)Nc1ccc(OCc2ccccn2)c(Cl)c1. The van der Waals surface area contributed by atoms with Gasteiger partial charge in [0.05, 0.1) is 16.1 Å². The minimum atomic E-state index is -0.424. The molecule has 4 atom stereocenters. The van der Waals surface area contributed by atoms with E-state index in [4.69, 9.17) is 16.3 Å². The number of aryl methyl sites for hydroxylation is 1. The molecule has 1 fully saturated rings. The molecule has 5 rings (SSSR count). The topological polar surface area (TPSA) is 51.2 Å². The Bertz CT molecular complexity index is 1280.